The van der Waals surface area contributed by atoms with E-state index < -0.39 is 0 Å². The monoisotopic (exact) mass is 349 g/mol. The van der Waals surface area contributed by atoms with E-state index in [9.17, 15) is 4.79 Å². The molecule has 0 aliphatic heterocycles. The van der Waals surface area contributed by atoms with Crippen LogP contribution in [0.5, 0.6) is 0 Å². The third kappa shape index (κ3) is 3.50. The molecule has 0 heterocycles. The molecular weight excluding hydrogens is 326 g/mol. The average molecular weight is 350 g/mol. The number of carbonyl (C=O) groups is 1. The minimum absolute atomic E-state index is 0.211. The van der Waals surface area contributed by atoms with Gasteiger partial charge in [-0.1, -0.05) is 47.7 Å². The van der Waals surface area contributed by atoms with Gasteiger partial charge in [-0.2, -0.15) is 0 Å². The van der Waals surface area contributed by atoms with Gasteiger partial charge in [-0.05, 0) is 55.7 Å². The fourth-order valence-corrected chi connectivity index (χ4v) is 4.44. The van der Waals surface area contributed by atoms with Gasteiger partial charge in [0.05, 0.1) is 0 Å². The second-order valence-corrected chi connectivity index (χ2v) is 7.68. The predicted octanol–water partition coefficient (Wildman–Crippen LogP) is 5.30. The number of carbonyl (C=O) groups excluding carboxylic acids is 1. The molecule has 0 saturated heterocycles. The number of fused-ring (bicyclic) bond motifs is 1. The van der Waals surface area contributed by atoms with Crippen LogP contribution in [0.4, 0.5) is 5.69 Å². The number of nitrogens with one attached hydrogen (secondary N) is 1. The molecule has 3 heteroatoms. The van der Waals surface area contributed by atoms with Gasteiger partial charge < -0.3 is 5.32 Å². The first kappa shape index (κ1) is 15.1. The van der Waals surface area contributed by atoms with E-state index in [0.29, 0.717) is 0 Å². The van der Waals surface area contributed by atoms with E-state index in [4.69, 9.17) is 0 Å². The van der Waals surface area contributed by atoms with Crippen molar-refractivity contribution in [1.82, 2.24) is 0 Å². The summed E-state index contributed by atoms with van der Waals surface area (Å²) in [5, 5.41) is 3.15. The Morgan fingerprint density at radius 3 is 2.71 bits per heavy atom. The Labute approximate surface area is 135 Å². The van der Waals surface area contributed by atoms with Gasteiger partial charge in [-0.25, -0.2) is 0 Å². The van der Waals surface area contributed by atoms with Crippen molar-refractivity contribution < 1.29 is 4.79 Å². The third-order valence-electron chi connectivity index (χ3n) is 5.37. The molecule has 21 heavy (non-hydrogen) atoms. The number of anilines is 1. The average Bonchev–Trinajstić information content (AvgIpc) is 2.50. The number of halogens is 1. The Bertz CT molecular complexity index is 528. The highest BCUT2D eigenvalue weighted by Crippen LogP contribution is 2.43. The van der Waals surface area contributed by atoms with Crippen LogP contribution in [0, 0.1) is 24.7 Å². The third-order valence-corrected chi connectivity index (χ3v) is 5.86. The van der Waals surface area contributed by atoms with Crippen LogP contribution in [0.1, 0.15) is 50.5 Å². The van der Waals surface area contributed by atoms with Crippen LogP contribution in [0.3, 0.4) is 0 Å². The van der Waals surface area contributed by atoms with E-state index in [1.54, 1.807) is 0 Å². The molecule has 3 rings (SSSR count). The number of hydrogen-bond donors (Lipinski definition) is 1. The van der Waals surface area contributed by atoms with E-state index in [-0.39, 0.29) is 11.8 Å². The maximum absolute atomic E-state index is 12.6. The predicted molar refractivity (Wildman–Crippen MR) is 90.3 cm³/mol. The highest BCUT2D eigenvalue weighted by molar-refractivity contribution is 9.10. The molecule has 0 aromatic heterocycles. The SMILES string of the molecule is Cc1ccc(Br)cc1NC(=O)C1CCC2CCCCC2C1. The summed E-state index contributed by atoms with van der Waals surface area (Å²) in [6.45, 7) is 2.04. The summed E-state index contributed by atoms with van der Waals surface area (Å²) in [7, 11) is 0. The summed E-state index contributed by atoms with van der Waals surface area (Å²) in [5.41, 5.74) is 2.07. The molecule has 114 valence electrons. The highest BCUT2D eigenvalue weighted by atomic mass is 79.9. The molecule has 1 N–H and O–H groups in total. The smallest absolute Gasteiger partial charge is 0.227 e. The van der Waals surface area contributed by atoms with Crippen molar-refractivity contribution in [2.75, 3.05) is 5.32 Å². The second-order valence-electron chi connectivity index (χ2n) is 6.76. The van der Waals surface area contributed by atoms with Gasteiger partial charge >= 0.3 is 0 Å². The van der Waals surface area contributed by atoms with Crippen molar-refractivity contribution in [3.05, 3.63) is 28.2 Å². The van der Waals surface area contributed by atoms with Crippen LogP contribution in [0.25, 0.3) is 0 Å². The molecule has 0 spiro atoms. The van der Waals surface area contributed by atoms with E-state index in [2.05, 4.69) is 21.2 Å². The zero-order valence-electron chi connectivity index (χ0n) is 12.7. The van der Waals surface area contributed by atoms with Crippen LogP contribution >= 0.6 is 15.9 Å². The standard InChI is InChI=1S/C18H24BrNO/c1-12-6-9-16(19)11-17(12)20-18(21)15-8-7-13-4-2-3-5-14(13)10-15/h6,9,11,13-15H,2-5,7-8,10H2,1H3,(H,20,21). The quantitative estimate of drug-likeness (QED) is 0.770. The van der Waals surface area contributed by atoms with E-state index in [0.717, 1.165) is 40.4 Å². The summed E-state index contributed by atoms with van der Waals surface area (Å²) in [6, 6.07) is 6.05. The summed E-state index contributed by atoms with van der Waals surface area (Å²) in [6.07, 6.45) is 8.91. The molecule has 2 aliphatic carbocycles. The number of amides is 1. The number of rotatable bonds is 2. The fraction of sp³-hybridized carbons (Fsp3) is 0.611. The second kappa shape index (κ2) is 6.51. The van der Waals surface area contributed by atoms with Crippen LogP contribution < -0.4 is 5.32 Å². The maximum Gasteiger partial charge on any atom is 0.227 e. The molecule has 1 aromatic rings. The number of benzene rings is 1. The van der Waals surface area contributed by atoms with E-state index in [1.165, 1.54) is 32.1 Å². The van der Waals surface area contributed by atoms with Crippen molar-refractivity contribution in [1.29, 1.82) is 0 Å². The van der Waals surface area contributed by atoms with Crippen LogP contribution in [-0.4, -0.2) is 5.91 Å². The van der Waals surface area contributed by atoms with Crippen molar-refractivity contribution >= 4 is 27.5 Å². The Kier molecular flexibility index (Phi) is 4.68. The normalized spacial score (nSPS) is 28.8. The van der Waals surface area contributed by atoms with Crippen molar-refractivity contribution in [2.45, 2.75) is 51.9 Å². The Morgan fingerprint density at radius 2 is 1.90 bits per heavy atom. The lowest BCUT2D eigenvalue weighted by Gasteiger charge is -2.38. The zero-order valence-corrected chi connectivity index (χ0v) is 14.3. The molecule has 2 fully saturated rings. The molecule has 2 nitrogen and oxygen atoms in total. The topological polar surface area (TPSA) is 29.1 Å². The Hall–Kier alpha value is -0.830. The lowest BCUT2D eigenvalue weighted by atomic mass is 9.67. The van der Waals surface area contributed by atoms with Gasteiger partial charge in [0, 0.05) is 16.1 Å². The van der Waals surface area contributed by atoms with Gasteiger partial charge in [0.1, 0.15) is 0 Å². The highest BCUT2D eigenvalue weighted by Gasteiger charge is 2.35. The molecule has 2 aliphatic rings. The maximum atomic E-state index is 12.6. The lowest BCUT2D eigenvalue weighted by Crippen LogP contribution is -2.34. The molecule has 0 bridgehead atoms. The van der Waals surface area contributed by atoms with Gasteiger partial charge in [-0.3, -0.25) is 4.79 Å². The summed E-state index contributed by atoms with van der Waals surface area (Å²) in [4.78, 5) is 12.6. The van der Waals surface area contributed by atoms with Crippen LogP contribution in [-0.2, 0) is 4.79 Å². The first-order valence-corrected chi connectivity index (χ1v) is 9.00. The summed E-state index contributed by atoms with van der Waals surface area (Å²) in [5.74, 6) is 2.13. The Balaban J connectivity index is 1.64. The molecule has 3 atom stereocenters. The molecule has 1 amide bonds. The van der Waals surface area contributed by atoms with Gasteiger partial charge in [0.15, 0.2) is 0 Å². The van der Waals surface area contributed by atoms with E-state index >= 15 is 0 Å². The van der Waals surface area contributed by atoms with Gasteiger partial charge in [0.2, 0.25) is 5.91 Å². The number of aryl methyl sites for hydroxylation is 1. The largest absolute Gasteiger partial charge is 0.326 e. The summed E-state index contributed by atoms with van der Waals surface area (Å²) < 4.78 is 1.01. The van der Waals surface area contributed by atoms with Crippen molar-refractivity contribution in [3.63, 3.8) is 0 Å². The van der Waals surface area contributed by atoms with Crippen molar-refractivity contribution in [2.24, 2.45) is 17.8 Å². The molecule has 0 radical (unpaired) electrons. The van der Waals surface area contributed by atoms with Crippen LogP contribution in [0.15, 0.2) is 22.7 Å². The van der Waals surface area contributed by atoms with Crippen LogP contribution in [0.2, 0.25) is 0 Å². The first-order valence-electron chi connectivity index (χ1n) is 8.20. The fourth-order valence-electron chi connectivity index (χ4n) is 4.08. The molecule has 2 saturated carbocycles. The minimum Gasteiger partial charge on any atom is -0.326 e. The van der Waals surface area contributed by atoms with E-state index in [1.807, 2.05) is 25.1 Å². The summed E-state index contributed by atoms with van der Waals surface area (Å²) >= 11 is 3.48. The Morgan fingerprint density at radius 1 is 1.14 bits per heavy atom. The lowest BCUT2D eigenvalue weighted by molar-refractivity contribution is -0.122. The molecular formula is C18H24BrNO. The van der Waals surface area contributed by atoms with Gasteiger partial charge in [0.25, 0.3) is 0 Å². The van der Waals surface area contributed by atoms with Crippen molar-refractivity contribution in [3.8, 4) is 0 Å². The first-order chi connectivity index (χ1) is 10.1. The minimum atomic E-state index is 0.211. The molecule has 1 aromatic carbocycles. The van der Waals surface area contributed by atoms with Gasteiger partial charge in [-0.15, -0.1) is 0 Å². The zero-order chi connectivity index (χ0) is 14.8. The number of hydrogen-bond acceptors (Lipinski definition) is 1. The molecule has 3 unspecified atom stereocenters.